The van der Waals surface area contributed by atoms with Crippen LogP contribution in [0.4, 0.5) is 18.0 Å². The Balaban J connectivity index is 1.71. The molecule has 1 fully saturated rings. The molecule has 2 aliphatic heterocycles. The molecule has 0 unspecified atom stereocenters. The predicted molar refractivity (Wildman–Crippen MR) is 145 cm³/mol. The zero-order valence-electron chi connectivity index (χ0n) is 21.5. The lowest BCUT2D eigenvalue weighted by molar-refractivity contribution is -0.145. The van der Waals surface area contributed by atoms with Gasteiger partial charge < -0.3 is 15.0 Å². The quantitative estimate of drug-likeness (QED) is 0.425. The number of amidine groups is 1. The maximum absolute atomic E-state index is 14.2. The van der Waals surface area contributed by atoms with Crippen molar-refractivity contribution in [3.63, 3.8) is 0 Å². The molecular weight excluding hydrogens is 584 g/mol. The monoisotopic (exact) mass is 606 g/mol. The Morgan fingerprint density at radius 1 is 1.07 bits per heavy atom. The van der Waals surface area contributed by atoms with Crippen LogP contribution in [0, 0.1) is 0 Å². The fourth-order valence-corrected chi connectivity index (χ4v) is 4.96. The SMILES string of the molecule is CCOc1nc(C(F)(F)F)ncc1C1=N[C@@H](c2ccc(Cl)cc2)[C@@H](c2ccc(Cl)cc2)N1C(=O)N1CCNC(=O)C1. The van der Waals surface area contributed by atoms with Gasteiger partial charge in [-0.2, -0.15) is 18.2 Å². The van der Waals surface area contributed by atoms with Crippen molar-refractivity contribution >= 4 is 41.0 Å². The Bertz CT molecular complexity index is 1490. The van der Waals surface area contributed by atoms with E-state index in [1.807, 2.05) is 0 Å². The fraction of sp³-hybridized carbons (Fsp3) is 0.296. The molecule has 2 atom stereocenters. The molecule has 2 aliphatic rings. The minimum Gasteiger partial charge on any atom is -0.477 e. The Hall–Kier alpha value is -3.90. The third kappa shape index (κ3) is 5.94. The average molecular weight is 607 g/mol. The van der Waals surface area contributed by atoms with Crippen LogP contribution in [0.2, 0.25) is 10.0 Å². The lowest BCUT2D eigenvalue weighted by Crippen LogP contribution is -2.55. The van der Waals surface area contributed by atoms with Crippen molar-refractivity contribution in [3.05, 3.63) is 87.3 Å². The van der Waals surface area contributed by atoms with Crippen LogP contribution in [-0.2, 0) is 11.0 Å². The molecule has 5 rings (SSSR count). The Morgan fingerprint density at radius 2 is 1.71 bits per heavy atom. The number of amides is 3. The first-order chi connectivity index (χ1) is 19.6. The topological polar surface area (TPSA) is 100 Å². The van der Waals surface area contributed by atoms with Crippen LogP contribution in [0.3, 0.4) is 0 Å². The third-order valence-electron chi connectivity index (χ3n) is 6.53. The largest absolute Gasteiger partial charge is 0.477 e. The highest BCUT2D eigenvalue weighted by Crippen LogP contribution is 2.45. The van der Waals surface area contributed by atoms with Gasteiger partial charge in [-0.25, -0.2) is 9.78 Å². The maximum atomic E-state index is 14.2. The highest BCUT2D eigenvalue weighted by molar-refractivity contribution is 6.30. The van der Waals surface area contributed by atoms with Gasteiger partial charge in [0.25, 0.3) is 0 Å². The fourth-order valence-electron chi connectivity index (χ4n) is 4.71. The molecule has 0 aliphatic carbocycles. The van der Waals surface area contributed by atoms with Crippen LogP contribution in [0.5, 0.6) is 5.88 Å². The van der Waals surface area contributed by atoms with E-state index in [1.54, 1.807) is 55.5 Å². The lowest BCUT2D eigenvalue weighted by Gasteiger charge is -2.35. The van der Waals surface area contributed by atoms with Crippen molar-refractivity contribution in [1.29, 1.82) is 0 Å². The summed E-state index contributed by atoms with van der Waals surface area (Å²) in [5.41, 5.74) is 1.32. The summed E-state index contributed by atoms with van der Waals surface area (Å²) in [6.07, 6.45) is -3.87. The van der Waals surface area contributed by atoms with E-state index in [4.69, 9.17) is 32.9 Å². The smallest absolute Gasteiger partial charge is 0.451 e. The molecule has 1 aromatic heterocycles. The molecule has 41 heavy (non-hydrogen) atoms. The third-order valence-corrected chi connectivity index (χ3v) is 7.04. The average Bonchev–Trinajstić information content (AvgIpc) is 3.33. The molecule has 2 aromatic carbocycles. The highest BCUT2D eigenvalue weighted by atomic mass is 35.5. The number of urea groups is 1. The molecule has 214 valence electrons. The van der Waals surface area contributed by atoms with Gasteiger partial charge in [0, 0.05) is 29.3 Å². The van der Waals surface area contributed by atoms with Crippen LogP contribution in [0.1, 0.15) is 41.5 Å². The van der Waals surface area contributed by atoms with Gasteiger partial charge in [0.2, 0.25) is 17.6 Å². The first kappa shape index (κ1) is 28.6. The summed E-state index contributed by atoms with van der Waals surface area (Å²) in [7, 11) is 0. The number of nitrogens with zero attached hydrogens (tertiary/aromatic N) is 5. The first-order valence-corrected chi connectivity index (χ1v) is 13.3. The van der Waals surface area contributed by atoms with E-state index in [2.05, 4.69) is 15.3 Å². The number of piperazine rings is 1. The second-order valence-electron chi connectivity index (χ2n) is 9.21. The van der Waals surface area contributed by atoms with Gasteiger partial charge in [-0.1, -0.05) is 47.5 Å². The molecule has 3 amide bonds. The van der Waals surface area contributed by atoms with Gasteiger partial charge in [-0.3, -0.25) is 14.7 Å². The molecule has 0 bridgehead atoms. The molecule has 0 radical (unpaired) electrons. The van der Waals surface area contributed by atoms with E-state index in [9.17, 15) is 22.8 Å². The van der Waals surface area contributed by atoms with Crippen LogP contribution in [-0.4, -0.2) is 63.8 Å². The minimum atomic E-state index is -4.82. The molecule has 3 heterocycles. The van der Waals surface area contributed by atoms with E-state index < -0.39 is 30.1 Å². The number of hydrogen-bond acceptors (Lipinski definition) is 6. The van der Waals surface area contributed by atoms with Crippen molar-refractivity contribution in [2.75, 3.05) is 26.2 Å². The molecule has 14 heteroatoms. The van der Waals surface area contributed by atoms with E-state index in [0.717, 1.165) is 6.20 Å². The number of aliphatic imine (C=N–C) groups is 1. The number of benzene rings is 2. The van der Waals surface area contributed by atoms with Crippen LogP contribution >= 0.6 is 23.2 Å². The van der Waals surface area contributed by atoms with Gasteiger partial charge in [0.15, 0.2) is 0 Å². The second-order valence-corrected chi connectivity index (χ2v) is 10.1. The maximum Gasteiger partial charge on any atom is 0.451 e. The number of alkyl halides is 3. The van der Waals surface area contributed by atoms with Crippen molar-refractivity contribution < 1.29 is 27.5 Å². The summed E-state index contributed by atoms with van der Waals surface area (Å²) in [6, 6.07) is 11.6. The summed E-state index contributed by atoms with van der Waals surface area (Å²) in [5, 5.41) is 3.64. The predicted octanol–water partition coefficient (Wildman–Crippen LogP) is 5.30. The van der Waals surface area contributed by atoms with Crippen molar-refractivity contribution in [3.8, 4) is 5.88 Å². The summed E-state index contributed by atoms with van der Waals surface area (Å²) >= 11 is 12.3. The van der Waals surface area contributed by atoms with Gasteiger partial charge in [0.05, 0.1) is 18.2 Å². The van der Waals surface area contributed by atoms with Crippen molar-refractivity contribution in [2.45, 2.75) is 25.2 Å². The summed E-state index contributed by atoms with van der Waals surface area (Å²) in [5.74, 6) is -2.11. The Morgan fingerprint density at radius 3 is 2.29 bits per heavy atom. The first-order valence-electron chi connectivity index (χ1n) is 12.6. The zero-order chi connectivity index (χ0) is 29.3. The number of hydrogen-bond donors (Lipinski definition) is 1. The second kappa shape index (κ2) is 11.5. The standard InChI is InChI=1S/C27H23Cl2F3N6O3/c1-2-41-24-19(13-34-25(36-24)27(30,31)32)23-35-21(15-3-7-17(28)8-4-15)22(16-5-9-18(29)10-6-16)38(23)26(40)37-12-11-33-20(39)14-37/h3-10,13,21-22H,2,11-12,14H2,1H3,(H,33,39)/t21-,22+/m0/s1. The van der Waals surface area contributed by atoms with Crippen molar-refractivity contribution in [1.82, 2.24) is 25.1 Å². The summed E-state index contributed by atoms with van der Waals surface area (Å²) in [6.45, 7) is 1.84. The van der Waals surface area contributed by atoms with Gasteiger partial charge in [0.1, 0.15) is 18.4 Å². The Labute approximate surface area is 242 Å². The minimum absolute atomic E-state index is 0.00180. The van der Waals surface area contributed by atoms with E-state index in [0.29, 0.717) is 21.2 Å². The molecule has 3 aromatic rings. The number of carbonyl (C=O) groups is 2. The molecule has 0 saturated carbocycles. The van der Waals surface area contributed by atoms with Crippen molar-refractivity contribution in [2.24, 2.45) is 4.99 Å². The molecule has 1 N–H and O–H groups in total. The molecule has 9 nitrogen and oxygen atoms in total. The highest BCUT2D eigenvalue weighted by Gasteiger charge is 2.46. The zero-order valence-corrected chi connectivity index (χ0v) is 23.0. The Kier molecular flexibility index (Phi) is 8.05. The van der Waals surface area contributed by atoms with Gasteiger partial charge >= 0.3 is 12.2 Å². The van der Waals surface area contributed by atoms with E-state index in [-0.39, 0.29) is 49.4 Å². The van der Waals surface area contributed by atoms with Crippen LogP contribution < -0.4 is 10.1 Å². The van der Waals surface area contributed by atoms with Crippen LogP contribution in [0.25, 0.3) is 0 Å². The van der Waals surface area contributed by atoms with E-state index >= 15 is 0 Å². The summed E-state index contributed by atoms with van der Waals surface area (Å²) < 4.78 is 46.0. The summed E-state index contributed by atoms with van der Waals surface area (Å²) in [4.78, 5) is 41.1. The number of rotatable bonds is 5. The normalized spacial score (nSPS) is 19.2. The number of halogens is 5. The van der Waals surface area contributed by atoms with Gasteiger partial charge in [-0.15, -0.1) is 0 Å². The number of ether oxygens (including phenoxy) is 1. The van der Waals surface area contributed by atoms with E-state index in [1.165, 1.54) is 9.80 Å². The molecule has 1 saturated heterocycles. The number of carbonyl (C=O) groups excluding carboxylic acids is 2. The van der Waals surface area contributed by atoms with Crippen LogP contribution in [0.15, 0.2) is 59.7 Å². The lowest BCUT2D eigenvalue weighted by atomic mass is 9.94. The molecule has 0 spiro atoms. The number of nitrogens with one attached hydrogen (secondary N) is 1. The molecular formula is C27H23Cl2F3N6O3. The number of aromatic nitrogens is 2. The van der Waals surface area contributed by atoms with Gasteiger partial charge in [-0.05, 0) is 42.3 Å².